The van der Waals surface area contributed by atoms with Crippen LogP contribution in [0.5, 0.6) is 0 Å². The fraction of sp³-hybridized carbons (Fsp3) is 0.400. The van der Waals surface area contributed by atoms with Gasteiger partial charge in [-0.05, 0) is 20.3 Å². The summed E-state index contributed by atoms with van der Waals surface area (Å²) in [5, 5.41) is 0. The van der Waals surface area contributed by atoms with E-state index in [1.807, 2.05) is 44.2 Å². The van der Waals surface area contributed by atoms with Crippen molar-refractivity contribution in [3.05, 3.63) is 37.0 Å². The van der Waals surface area contributed by atoms with Gasteiger partial charge in [-0.25, -0.2) is 0 Å². The topological polar surface area (TPSA) is 26.0 Å². The fourth-order valence-electron chi connectivity index (χ4n) is 0.833. The van der Waals surface area contributed by atoms with Gasteiger partial charge in [-0.15, -0.1) is 6.58 Å². The Morgan fingerprint density at radius 1 is 1.45 bits per heavy atom. The molecule has 0 aromatic carbocycles. The molecule has 1 nitrogen and oxygen atoms in total. The van der Waals surface area contributed by atoms with E-state index in [0.717, 1.165) is 6.42 Å². The van der Waals surface area contributed by atoms with E-state index in [-0.39, 0.29) is 5.54 Å². The Hall–Kier alpha value is -0.820. The van der Waals surface area contributed by atoms with E-state index in [4.69, 9.17) is 5.73 Å². The molecule has 1 heteroatoms. The first kappa shape index (κ1) is 10.2. The van der Waals surface area contributed by atoms with Gasteiger partial charge in [0.25, 0.3) is 0 Å². The maximum atomic E-state index is 5.86. The number of nitrogens with two attached hydrogens (primary N) is 1. The van der Waals surface area contributed by atoms with Gasteiger partial charge in [0.2, 0.25) is 0 Å². The molecule has 62 valence electrons. The molecule has 1 atom stereocenters. The lowest BCUT2D eigenvalue weighted by atomic mass is 10.0. The average Bonchev–Trinajstić information content (AvgIpc) is 1.87. The number of hydrogen-bond donors (Lipinski definition) is 1. The van der Waals surface area contributed by atoms with Crippen molar-refractivity contribution in [1.29, 1.82) is 0 Å². The highest BCUT2D eigenvalue weighted by Gasteiger charge is 2.06. The smallest absolute Gasteiger partial charge is 0.0496 e. The van der Waals surface area contributed by atoms with Gasteiger partial charge in [0.1, 0.15) is 0 Å². The van der Waals surface area contributed by atoms with Gasteiger partial charge in [0, 0.05) is 5.54 Å². The van der Waals surface area contributed by atoms with Crippen LogP contribution in [0.3, 0.4) is 0 Å². The summed E-state index contributed by atoms with van der Waals surface area (Å²) in [5.74, 6) is 0. The number of rotatable bonds is 4. The van der Waals surface area contributed by atoms with Crippen molar-refractivity contribution in [3.63, 3.8) is 0 Å². The van der Waals surface area contributed by atoms with Crippen molar-refractivity contribution in [2.24, 2.45) is 5.73 Å². The maximum absolute atomic E-state index is 5.86. The Bertz CT molecular complexity index is 164. The Morgan fingerprint density at radius 3 is 2.55 bits per heavy atom. The first-order valence-corrected chi connectivity index (χ1v) is 3.83. The fourth-order valence-corrected chi connectivity index (χ4v) is 0.833. The molecule has 0 saturated carbocycles. The molecule has 0 aromatic heterocycles. The molecule has 0 aromatic rings. The Labute approximate surface area is 69.3 Å². The zero-order valence-electron chi connectivity index (χ0n) is 7.38. The highest BCUT2D eigenvalue weighted by atomic mass is 14.7. The van der Waals surface area contributed by atoms with Crippen LogP contribution in [0.2, 0.25) is 0 Å². The highest BCUT2D eigenvalue weighted by molar-refractivity contribution is 5.14. The van der Waals surface area contributed by atoms with Crippen LogP contribution in [0.15, 0.2) is 37.0 Å². The third-order valence-electron chi connectivity index (χ3n) is 1.31. The van der Waals surface area contributed by atoms with E-state index >= 15 is 0 Å². The Morgan fingerprint density at radius 2 is 2.09 bits per heavy atom. The summed E-state index contributed by atoms with van der Waals surface area (Å²) in [6.07, 6.45) is 10.7. The van der Waals surface area contributed by atoms with Crippen LogP contribution in [-0.2, 0) is 0 Å². The molecular formula is C10H17N. The van der Waals surface area contributed by atoms with E-state index in [1.165, 1.54) is 0 Å². The molecule has 0 radical (unpaired) electrons. The summed E-state index contributed by atoms with van der Waals surface area (Å²) in [6.45, 7) is 7.55. The number of allylic oxidation sites excluding steroid dienone is 3. The largest absolute Gasteiger partial charge is 0.319 e. The maximum Gasteiger partial charge on any atom is 0.0496 e. The summed E-state index contributed by atoms with van der Waals surface area (Å²) in [7, 11) is 0. The quantitative estimate of drug-likeness (QED) is 0.613. The van der Waals surface area contributed by atoms with Gasteiger partial charge in [0.05, 0.1) is 0 Å². The van der Waals surface area contributed by atoms with Crippen molar-refractivity contribution in [2.75, 3.05) is 0 Å². The minimum absolute atomic E-state index is 0.308. The monoisotopic (exact) mass is 151 g/mol. The third kappa shape index (κ3) is 5.62. The molecule has 11 heavy (non-hydrogen) atoms. The van der Waals surface area contributed by atoms with Crippen LogP contribution in [0, 0.1) is 0 Å². The minimum atomic E-state index is -0.308. The van der Waals surface area contributed by atoms with Gasteiger partial charge in [-0.3, -0.25) is 0 Å². The van der Waals surface area contributed by atoms with Gasteiger partial charge in [-0.1, -0.05) is 30.4 Å². The van der Waals surface area contributed by atoms with E-state index in [9.17, 15) is 0 Å². The molecule has 0 rings (SSSR count). The van der Waals surface area contributed by atoms with Crippen LogP contribution in [0.1, 0.15) is 20.3 Å². The molecule has 0 bridgehead atoms. The molecule has 0 saturated heterocycles. The average molecular weight is 151 g/mol. The molecule has 0 aliphatic rings. The van der Waals surface area contributed by atoms with Crippen LogP contribution >= 0.6 is 0 Å². The summed E-state index contributed by atoms with van der Waals surface area (Å²) >= 11 is 0. The molecule has 1 unspecified atom stereocenters. The van der Waals surface area contributed by atoms with E-state index in [1.54, 1.807) is 0 Å². The predicted octanol–water partition coefficient (Wildman–Crippen LogP) is 2.41. The van der Waals surface area contributed by atoms with Crippen molar-refractivity contribution in [1.82, 2.24) is 0 Å². The molecule has 0 spiro atoms. The van der Waals surface area contributed by atoms with Gasteiger partial charge in [0.15, 0.2) is 0 Å². The standard InChI is InChI=1S/C10H17N/c1-4-6-7-9-10(3,11)8-5-2/h4-5,7-9H,1,6,11H2,2-3H3/b8-5-,9-7-. The molecule has 2 N–H and O–H groups in total. The van der Waals surface area contributed by atoms with Crippen molar-refractivity contribution >= 4 is 0 Å². The zero-order chi connectivity index (χ0) is 8.74. The molecule has 0 fully saturated rings. The third-order valence-corrected chi connectivity index (χ3v) is 1.31. The number of hydrogen-bond acceptors (Lipinski definition) is 1. The molecular weight excluding hydrogens is 134 g/mol. The lowest BCUT2D eigenvalue weighted by Crippen LogP contribution is -2.30. The molecule has 0 heterocycles. The first-order valence-electron chi connectivity index (χ1n) is 3.83. The first-order chi connectivity index (χ1) is 5.12. The Kier molecular flexibility index (Phi) is 4.55. The SMILES string of the molecule is C=CC/C=C\C(C)(N)/C=C\C. The van der Waals surface area contributed by atoms with Gasteiger partial charge < -0.3 is 5.73 Å². The van der Waals surface area contributed by atoms with Crippen molar-refractivity contribution < 1.29 is 0 Å². The highest BCUT2D eigenvalue weighted by Crippen LogP contribution is 2.03. The molecule has 0 aliphatic carbocycles. The second kappa shape index (κ2) is 4.91. The Balaban J connectivity index is 3.99. The molecule has 0 amide bonds. The second-order valence-electron chi connectivity index (χ2n) is 2.79. The summed E-state index contributed by atoms with van der Waals surface area (Å²) < 4.78 is 0. The van der Waals surface area contributed by atoms with E-state index in [2.05, 4.69) is 6.58 Å². The van der Waals surface area contributed by atoms with Crippen molar-refractivity contribution in [3.8, 4) is 0 Å². The van der Waals surface area contributed by atoms with Crippen LogP contribution in [-0.4, -0.2) is 5.54 Å². The van der Waals surface area contributed by atoms with Crippen LogP contribution < -0.4 is 5.73 Å². The van der Waals surface area contributed by atoms with E-state index < -0.39 is 0 Å². The van der Waals surface area contributed by atoms with Crippen LogP contribution in [0.25, 0.3) is 0 Å². The lowest BCUT2D eigenvalue weighted by molar-refractivity contribution is 0.731. The predicted molar refractivity (Wildman–Crippen MR) is 51.4 cm³/mol. The minimum Gasteiger partial charge on any atom is -0.319 e. The molecule has 0 aliphatic heterocycles. The summed E-state index contributed by atoms with van der Waals surface area (Å²) in [4.78, 5) is 0. The van der Waals surface area contributed by atoms with Gasteiger partial charge in [-0.2, -0.15) is 0 Å². The second-order valence-corrected chi connectivity index (χ2v) is 2.79. The van der Waals surface area contributed by atoms with Crippen molar-refractivity contribution in [2.45, 2.75) is 25.8 Å². The summed E-state index contributed by atoms with van der Waals surface area (Å²) in [5.41, 5.74) is 5.55. The van der Waals surface area contributed by atoms with E-state index in [0.29, 0.717) is 0 Å². The van der Waals surface area contributed by atoms with Gasteiger partial charge >= 0.3 is 0 Å². The zero-order valence-corrected chi connectivity index (χ0v) is 7.38. The summed E-state index contributed by atoms with van der Waals surface area (Å²) in [6, 6.07) is 0. The van der Waals surface area contributed by atoms with Crippen LogP contribution in [0.4, 0.5) is 0 Å². The normalized spacial score (nSPS) is 17.4. The lowest BCUT2D eigenvalue weighted by Gasteiger charge is -2.13.